The molecule has 0 unspecified atom stereocenters. The minimum Gasteiger partial charge on any atom is -0.483 e. The molecule has 0 saturated heterocycles. The lowest BCUT2D eigenvalue weighted by atomic mass is 10.1. The van der Waals surface area contributed by atoms with Gasteiger partial charge in [0.15, 0.2) is 6.61 Å². The topological polar surface area (TPSA) is 84.5 Å². The number of carbonyl (C=O) groups is 1. The summed E-state index contributed by atoms with van der Waals surface area (Å²) in [4.78, 5) is 12.2. The summed E-state index contributed by atoms with van der Waals surface area (Å²) in [6.07, 6.45) is 0. The molecule has 0 atom stereocenters. The third-order valence-corrected chi connectivity index (χ3v) is 5.20. The van der Waals surface area contributed by atoms with Crippen LogP contribution in [0, 0.1) is 13.8 Å². The zero-order valence-corrected chi connectivity index (χ0v) is 16.2. The Hall–Kier alpha value is -2.38. The largest absolute Gasteiger partial charge is 0.483 e. The first-order valence-corrected chi connectivity index (χ1v) is 9.78. The monoisotopic (exact) mass is 376 g/mol. The summed E-state index contributed by atoms with van der Waals surface area (Å²) in [5.41, 5.74) is 2.59. The van der Waals surface area contributed by atoms with Crippen molar-refractivity contribution < 1.29 is 17.9 Å². The molecule has 0 aliphatic rings. The molecular formula is C19H24N2O4S. The summed E-state index contributed by atoms with van der Waals surface area (Å²) in [5, 5.41) is 2.68. The number of anilines is 1. The van der Waals surface area contributed by atoms with E-state index in [1.807, 2.05) is 32.0 Å². The Morgan fingerprint density at radius 3 is 2.31 bits per heavy atom. The highest BCUT2D eigenvalue weighted by molar-refractivity contribution is 7.89. The number of aryl methyl sites for hydroxylation is 2. The molecule has 2 aromatic carbocycles. The van der Waals surface area contributed by atoms with Gasteiger partial charge in [-0.1, -0.05) is 17.7 Å². The van der Waals surface area contributed by atoms with E-state index >= 15 is 0 Å². The van der Waals surface area contributed by atoms with Gasteiger partial charge < -0.3 is 10.1 Å². The minimum atomic E-state index is -3.55. The van der Waals surface area contributed by atoms with Gasteiger partial charge in [0.05, 0.1) is 4.90 Å². The van der Waals surface area contributed by atoms with Gasteiger partial charge in [-0.15, -0.1) is 0 Å². The molecule has 0 fully saturated rings. The fourth-order valence-corrected chi connectivity index (χ4v) is 3.65. The van der Waals surface area contributed by atoms with Crippen LogP contribution < -0.4 is 14.8 Å². The van der Waals surface area contributed by atoms with Gasteiger partial charge in [0, 0.05) is 11.7 Å². The van der Waals surface area contributed by atoms with Gasteiger partial charge in [-0.3, -0.25) is 4.79 Å². The van der Waals surface area contributed by atoms with Crippen molar-refractivity contribution >= 4 is 21.6 Å². The van der Waals surface area contributed by atoms with Crippen LogP contribution in [0.2, 0.25) is 0 Å². The molecule has 0 aliphatic heterocycles. The molecule has 6 nitrogen and oxygen atoms in total. The Morgan fingerprint density at radius 2 is 1.73 bits per heavy atom. The number of carbonyl (C=O) groups excluding carboxylic acids is 1. The third kappa shape index (κ3) is 5.57. The van der Waals surface area contributed by atoms with Gasteiger partial charge in [0.25, 0.3) is 5.91 Å². The molecule has 1 amide bonds. The number of nitrogens with one attached hydrogen (secondary N) is 2. The average molecular weight is 376 g/mol. The summed E-state index contributed by atoms with van der Waals surface area (Å²) < 4.78 is 32.2. The van der Waals surface area contributed by atoms with Crippen LogP contribution in [0.5, 0.6) is 5.75 Å². The van der Waals surface area contributed by atoms with Crippen molar-refractivity contribution in [3.8, 4) is 5.75 Å². The SMILES string of the molecule is Cc1ccc(OCC(=O)Nc2ccc(S(=O)(=O)NC(C)C)cc2)c(C)c1. The lowest BCUT2D eigenvalue weighted by Crippen LogP contribution is -2.30. The van der Waals surface area contributed by atoms with Crippen molar-refractivity contribution in [1.29, 1.82) is 0 Å². The van der Waals surface area contributed by atoms with E-state index in [0.717, 1.165) is 11.1 Å². The van der Waals surface area contributed by atoms with Crippen LogP contribution in [0.4, 0.5) is 5.69 Å². The molecular weight excluding hydrogens is 352 g/mol. The van der Waals surface area contributed by atoms with E-state index in [0.29, 0.717) is 11.4 Å². The van der Waals surface area contributed by atoms with Gasteiger partial charge in [-0.2, -0.15) is 0 Å². The molecule has 0 aromatic heterocycles. The van der Waals surface area contributed by atoms with Crippen LogP contribution in [0.25, 0.3) is 0 Å². The maximum atomic E-state index is 12.1. The van der Waals surface area contributed by atoms with Crippen LogP contribution in [-0.4, -0.2) is 27.0 Å². The first-order chi connectivity index (χ1) is 12.2. The van der Waals surface area contributed by atoms with E-state index in [-0.39, 0.29) is 23.5 Å². The molecule has 0 radical (unpaired) electrons. The van der Waals surface area contributed by atoms with Gasteiger partial charge in [-0.25, -0.2) is 13.1 Å². The van der Waals surface area contributed by atoms with Crippen molar-refractivity contribution in [2.24, 2.45) is 0 Å². The Labute approximate surface area is 154 Å². The van der Waals surface area contributed by atoms with Crippen LogP contribution in [0.3, 0.4) is 0 Å². The summed E-state index contributed by atoms with van der Waals surface area (Å²) in [7, 11) is -3.55. The lowest BCUT2D eigenvalue weighted by molar-refractivity contribution is -0.118. The Morgan fingerprint density at radius 1 is 1.08 bits per heavy atom. The molecule has 7 heteroatoms. The molecule has 140 valence electrons. The van der Waals surface area contributed by atoms with E-state index in [1.165, 1.54) is 12.1 Å². The summed E-state index contributed by atoms with van der Waals surface area (Å²) in [6, 6.07) is 11.5. The van der Waals surface area contributed by atoms with Crippen molar-refractivity contribution in [3.05, 3.63) is 53.6 Å². The highest BCUT2D eigenvalue weighted by Gasteiger charge is 2.15. The summed E-state index contributed by atoms with van der Waals surface area (Å²) >= 11 is 0. The molecule has 0 saturated carbocycles. The summed E-state index contributed by atoms with van der Waals surface area (Å²) in [6.45, 7) is 7.29. The molecule has 0 spiro atoms. The first kappa shape index (κ1) is 19.9. The number of ether oxygens (including phenoxy) is 1. The van der Waals surface area contributed by atoms with E-state index < -0.39 is 10.0 Å². The predicted molar refractivity (Wildman–Crippen MR) is 102 cm³/mol. The van der Waals surface area contributed by atoms with Gasteiger partial charge >= 0.3 is 0 Å². The van der Waals surface area contributed by atoms with Crippen LogP contribution in [-0.2, 0) is 14.8 Å². The standard InChI is InChI=1S/C19H24N2O4S/c1-13(2)21-26(23,24)17-8-6-16(7-9-17)20-19(22)12-25-18-10-5-14(3)11-15(18)4/h5-11,13,21H,12H2,1-4H3,(H,20,22). The fourth-order valence-electron chi connectivity index (χ4n) is 2.40. The molecule has 0 aliphatic carbocycles. The number of hydrogen-bond donors (Lipinski definition) is 2. The van der Waals surface area contributed by atoms with E-state index in [1.54, 1.807) is 26.0 Å². The Bertz CT molecular complexity index is 875. The number of rotatable bonds is 7. The van der Waals surface area contributed by atoms with Gasteiger partial charge in [0.2, 0.25) is 10.0 Å². The lowest BCUT2D eigenvalue weighted by Gasteiger charge is -2.11. The quantitative estimate of drug-likeness (QED) is 0.778. The molecule has 0 heterocycles. The zero-order chi connectivity index (χ0) is 19.3. The number of amides is 1. The third-order valence-electron chi connectivity index (χ3n) is 3.53. The highest BCUT2D eigenvalue weighted by atomic mass is 32.2. The average Bonchev–Trinajstić information content (AvgIpc) is 2.53. The fraction of sp³-hybridized carbons (Fsp3) is 0.316. The minimum absolute atomic E-state index is 0.126. The smallest absolute Gasteiger partial charge is 0.262 e. The second-order valence-corrected chi connectivity index (χ2v) is 8.12. The number of benzene rings is 2. The zero-order valence-electron chi connectivity index (χ0n) is 15.4. The van der Waals surface area contributed by atoms with E-state index in [2.05, 4.69) is 10.0 Å². The highest BCUT2D eigenvalue weighted by Crippen LogP contribution is 2.19. The number of sulfonamides is 1. The molecule has 2 rings (SSSR count). The summed E-state index contributed by atoms with van der Waals surface area (Å²) in [5.74, 6) is 0.341. The normalized spacial score (nSPS) is 11.4. The molecule has 2 N–H and O–H groups in total. The van der Waals surface area contributed by atoms with Gasteiger partial charge in [0.1, 0.15) is 5.75 Å². The van der Waals surface area contributed by atoms with Gasteiger partial charge in [-0.05, 0) is 63.6 Å². The second-order valence-electron chi connectivity index (χ2n) is 6.41. The maximum Gasteiger partial charge on any atom is 0.262 e. The van der Waals surface area contributed by atoms with Crippen LogP contribution in [0.1, 0.15) is 25.0 Å². The number of hydrogen-bond acceptors (Lipinski definition) is 4. The molecule has 2 aromatic rings. The first-order valence-electron chi connectivity index (χ1n) is 8.29. The van der Waals surface area contributed by atoms with E-state index in [4.69, 9.17) is 4.74 Å². The van der Waals surface area contributed by atoms with E-state index in [9.17, 15) is 13.2 Å². The maximum absolute atomic E-state index is 12.1. The predicted octanol–water partition coefficient (Wildman–Crippen LogP) is 3.01. The van der Waals surface area contributed by atoms with Crippen molar-refractivity contribution in [3.63, 3.8) is 0 Å². The van der Waals surface area contributed by atoms with Crippen molar-refractivity contribution in [2.45, 2.75) is 38.6 Å². The van der Waals surface area contributed by atoms with Crippen LogP contribution in [0.15, 0.2) is 47.4 Å². The van der Waals surface area contributed by atoms with Crippen LogP contribution >= 0.6 is 0 Å². The second kappa shape index (κ2) is 8.33. The Balaban J connectivity index is 1.95. The molecule has 26 heavy (non-hydrogen) atoms. The Kier molecular flexibility index (Phi) is 6.39. The van der Waals surface area contributed by atoms with Crippen molar-refractivity contribution in [2.75, 3.05) is 11.9 Å². The molecule has 0 bridgehead atoms. The van der Waals surface area contributed by atoms with Crippen molar-refractivity contribution in [1.82, 2.24) is 4.72 Å².